The molecule has 2 fully saturated rings. The molecule has 43 heavy (non-hydrogen) atoms. The fourth-order valence-corrected chi connectivity index (χ4v) is 5.06. The summed E-state index contributed by atoms with van der Waals surface area (Å²) in [4.78, 5) is 36.5. The molecule has 0 bridgehead atoms. The van der Waals surface area contributed by atoms with E-state index in [4.69, 9.17) is 35.3 Å². The van der Waals surface area contributed by atoms with E-state index in [1.54, 1.807) is 54.6 Å². The standard InChI is InChI=1S/C32H30ClNO9/c1-19(35)34-28-30(39-18-27(37)38)29-26(17-40-31(43-29)22-8-3-2-4-9-22)42-32(28)41-25-10-6-5-7-21(25)13-16-24(36)20-11-14-23(33)15-12-20/h2-16,26,28-32H,17-18H2,1H3,(H,34,35)(H,37,38)/b16-13+. The smallest absolute Gasteiger partial charge is 0.329 e. The van der Waals surface area contributed by atoms with E-state index in [-0.39, 0.29) is 12.4 Å². The molecule has 3 aromatic rings. The van der Waals surface area contributed by atoms with Crippen molar-refractivity contribution in [1.82, 2.24) is 5.32 Å². The Hall–Kier alpha value is -4.06. The molecule has 10 nitrogen and oxygen atoms in total. The van der Waals surface area contributed by atoms with Crippen molar-refractivity contribution >= 4 is 35.3 Å². The maximum absolute atomic E-state index is 12.7. The summed E-state index contributed by atoms with van der Waals surface area (Å²) in [6.45, 7) is 0.790. The van der Waals surface area contributed by atoms with Crippen LogP contribution in [0.15, 0.2) is 84.9 Å². The van der Waals surface area contributed by atoms with Crippen LogP contribution in [0.3, 0.4) is 0 Å². The van der Waals surface area contributed by atoms with Crippen LogP contribution in [-0.2, 0) is 28.5 Å². The third-order valence-electron chi connectivity index (χ3n) is 6.88. The molecule has 1 amide bonds. The van der Waals surface area contributed by atoms with Crippen LogP contribution in [0.25, 0.3) is 6.08 Å². The lowest BCUT2D eigenvalue weighted by Crippen LogP contribution is -2.68. The zero-order valence-corrected chi connectivity index (χ0v) is 23.9. The number of para-hydroxylation sites is 1. The summed E-state index contributed by atoms with van der Waals surface area (Å²) in [7, 11) is 0. The van der Waals surface area contributed by atoms with Crippen molar-refractivity contribution in [3.63, 3.8) is 0 Å². The van der Waals surface area contributed by atoms with Crippen LogP contribution in [0.1, 0.15) is 34.7 Å². The predicted octanol–water partition coefficient (Wildman–Crippen LogP) is 4.43. The first kappa shape index (κ1) is 30.4. The van der Waals surface area contributed by atoms with Crippen molar-refractivity contribution < 1.29 is 43.2 Å². The van der Waals surface area contributed by atoms with Gasteiger partial charge in [0.05, 0.1) is 6.61 Å². The summed E-state index contributed by atoms with van der Waals surface area (Å²) in [6, 6.07) is 21.8. The van der Waals surface area contributed by atoms with E-state index in [9.17, 15) is 19.5 Å². The van der Waals surface area contributed by atoms with Crippen molar-refractivity contribution in [1.29, 1.82) is 0 Å². The number of hydrogen-bond donors (Lipinski definition) is 2. The van der Waals surface area contributed by atoms with Gasteiger partial charge in [0.15, 0.2) is 12.1 Å². The number of carbonyl (C=O) groups is 3. The topological polar surface area (TPSA) is 130 Å². The minimum atomic E-state index is -1.19. The fourth-order valence-electron chi connectivity index (χ4n) is 4.93. The van der Waals surface area contributed by atoms with Gasteiger partial charge in [0.25, 0.3) is 0 Å². The van der Waals surface area contributed by atoms with Crippen LogP contribution in [0.4, 0.5) is 0 Å². The Morgan fingerprint density at radius 2 is 1.72 bits per heavy atom. The first-order chi connectivity index (χ1) is 20.8. The minimum absolute atomic E-state index is 0.0982. The molecule has 6 atom stereocenters. The molecule has 0 saturated carbocycles. The molecule has 0 spiro atoms. The number of ether oxygens (including phenoxy) is 5. The van der Waals surface area contributed by atoms with E-state index in [1.807, 2.05) is 30.3 Å². The van der Waals surface area contributed by atoms with Gasteiger partial charge in [-0.1, -0.05) is 60.1 Å². The van der Waals surface area contributed by atoms with Crippen molar-refractivity contribution in [3.05, 3.63) is 107 Å². The van der Waals surface area contributed by atoms with E-state index in [0.717, 1.165) is 5.56 Å². The second kappa shape index (κ2) is 13.9. The van der Waals surface area contributed by atoms with E-state index in [0.29, 0.717) is 21.9 Å². The summed E-state index contributed by atoms with van der Waals surface area (Å²) in [5.74, 6) is -1.46. The lowest BCUT2D eigenvalue weighted by atomic mass is 9.95. The van der Waals surface area contributed by atoms with Gasteiger partial charge in [-0.05, 0) is 42.5 Å². The predicted molar refractivity (Wildman–Crippen MR) is 156 cm³/mol. The van der Waals surface area contributed by atoms with E-state index in [1.165, 1.54) is 13.0 Å². The van der Waals surface area contributed by atoms with Gasteiger partial charge in [-0.25, -0.2) is 4.79 Å². The molecule has 2 N–H and O–H groups in total. The highest BCUT2D eigenvalue weighted by atomic mass is 35.5. The average Bonchev–Trinajstić information content (AvgIpc) is 3.00. The Morgan fingerprint density at radius 1 is 1.00 bits per heavy atom. The first-order valence-corrected chi connectivity index (χ1v) is 14.0. The molecule has 0 radical (unpaired) electrons. The van der Waals surface area contributed by atoms with Gasteiger partial charge < -0.3 is 34.1 Å². The van der Waals surface area contributed by atoms with Gasteiger partial charge in [0.2, 0.25) is 12.2 Å². The second-order valence-corrected chi connectivity index (χ2v) is 10.4. The molecule has 11 heteroatoms. The number of carboxylic acids is 1. The number of ketones is 1. The van der Waals surface area contributed by atoms with Gasteiger partial charge in [0, 0.05) is 28.6 Å². The summed E-state index contributed by atoms with van der Waals surface area (Å²) >= 11 is 5.93. The van der Waals surface area contributed by atoms with E-state index in [2.05, 4.69) is 5.32 Å². The van der Waals surface area contributed by atoms with Crippen LogP contribution in [0.2, 0.25) is 5.02 Å². The van der Waals surface area contributed by atoms with Gasteiger partial charge >= 0.3 is 5.97 Å². The molecular weight excluding hydrogens is 578 g/mol. The quantitative estimate of drug-likeness (QED) is 0.254. The average molecular weight is 608 g/mol. The number of carboxylic acid groups (broad SMARTS) is 1. The number of aliphatic carboxylic acids is 1. The highest BCUT2D eigenvalue weighted by molar-refractivity contribution is 6.30. The van der Waals surface area contributed by atoms with Crippen molar-refractivity contribution in [3.8, 4) is 5.75 Å². The van der Waals surface area contributed by atoms with E-state index >= 15 is 0 Å². The molecule has 0 aliphatic carbocycles. The number of allylic oxidation sites excluding steroid dienone is 1. The Morgan fingerprint density at radius 3 is 2.44 bits per heavy atom. The number of hydrogen-bond acceptors (Lipinski definition) is 8. The monoisotopic (exact) mass is 607 g/mol. The number of nitrogens with one attached hydrogen (secondary N) is 1. The summed E-state index contributed by atoms with van der Waals surface area (Å²) in [5, 5.41) is 12.7. The Labute approximate surface area is 253 Å². The highest BCUT2D eigenvalue weighted by Crippen LogP contribution is 2.36. The zero-order valence-electron chi connectivity index (χ0n) is 23.1. The molecule has 6 unspecified atom stereocenters. The lowest BCUT2D eigenvalue weighted by molar-refractivity contribution is -0.337. The third-order valence-corrected chi connectivity index (χ3v) is 7.14. The van der Waals surface area contributed by atoms with Gasteiger partial charge in [-0.2, -0.15) is 0 Å². The molecule has 3 aromatic carbocycles. The summed E-state index contributed by atoms with van der Waals surface area (Å²) < 4.78 is 30.6. The Bertz CT molecular complexity index is 1460. The fraction of sp³-hybridized carbons (Fsp3) is 0.281. The van der Waals surface area contributed by atoms with Gasteiger partial charge in [-0.15, -0.1) is 0 Å². The van der Waals surface area contributed by atoms with Crippen LogP contribution in [-0.4, -0.2) is 66.6 Å². The number of benzene rings is 3. The van der Waals surface area contributed by atoms with Gasteiger partial charge in [0.1, 0.15) is 36.7 Å². The van der Waals surface area contributed by atoms with Crippen LogP contribution in [0.5, 0.6) is 5.75 Å². The normalized spacial score (nSPS) is 25.1. The zero-order chi connectivity index (χ0) is 30.3. The second-order valence-electron chi connectivity index (χ2n) is 9.98. The third kappa shape index (κ3) is 7.67. The maximum Gasteiger partial charge on any atom is 0.329 e. The maximum atomic E-state index is 12.7. The van der Waals surface area contributed by atoms with E-state index < -0.39 is 55.4 Å². The Balaban J connectivity index is 1.41. The molecule has 2 aliphatic rings. The number of carbonyl (C=O) groups excluding carboxylic acids is 2. The van der Waals surface area contributed by atoms with Crippen LogP contribution in [0, 0.1) is 0 Å². The number of fused-ring (bicyclic) bond motifs is 1. The van der Waals surface area contributed by atoms with Crippen molar-refractivity contribution in [2.45, 2.75) is 43.9 Å². The number of rotatable bonds is 10. The minimum Gasteiger partial charge on any atom is -0.480 e. The van der Waals surface area contributed by atoms with Crippen LogP contribution < -0.4 is 10.1 Å². The van der Waals surface area contributed by atoms with Crippen molar-refractivity contribution in [2.24, 2.45) is 0 Å². The molecule has 2 aliphatic heterocycles. The highest BCUT2D eigenvalue weighted by Gasteiger charge is 2.52. The van der Waals surface area contributed by atoms with Gasteiger partial charge in [-0.3, -0.25) is 9.59 Å². The number of halogens is 1. The lowest BCUT2D eigenvalue weighted by Gasteiger charge is -2.49. The summed E-state index contributed by atoms with van der Waals surface area (Å²) in [5.41, 5.74) is 1.80. The number of amides is 1. The molecular formula is C32H30ClNO9. The van der Waals surface area contributed by atoms with Crippen molar-refractivity contribution in [2.75, 3.05) is 13.2 Å². The first-order valence-electron chi connectivity index (χ1n) is 13.6. The largest absolute Gasteiger partial charge is 0.480 e. The Kier molecular flexibility index (Phi) is 9.86. The molecule has 2 heterocycles. The molecule has 5 rings (SSSR count). The molecule has 2 saturated heterocycles. The van der Waals surface area contributed by atoms with Crippen LogP contribution >= 0.6 is 11.6 Å². The SMILES string of the molecule is CC(=O)NC1C(Oc2ccccc2/C=C/C(=O)c2ccc(Cl)cc2)OC2COC(c3ccccc3)OC2C1OCC(=O)O. The molecule has 0 aromatic heterocycles. The molecule has 224 valence electrons. The summed E-state index contributed by atoms with van der Waals surface area (Å²) in [6.07, 6.45) is -1.30.